The molecular formula is C19H24N2O3. The van der Waals surface area contributed by atoms with Crippen molar-refractivity contribution in [1.29, 1.82) is 0 Å². The van der Waals surface area contributed by atoms with Crippen LogP contribution in [0, 0.1) is 5.92 Å². The number of carboxylic acid groups (broad SMARTS) is 1. The van der Waals surface area contributed by atoms with E-state index in [-0.39, 0.29) is 6.42 Å². The number of hydrogen-bond donors (Lipinski definition) is 1. The number of carbonyl (C=O) groups is 1. The highest BCUT2D eigenvalue weighted by molar-refractivity contribution is 5.80. The monoisotopic (exact) mass is 328 g/mol. The normalized spacial score (nSPS) is 18.6. The Bertz CT molecular complexity index is 717. The number of ether oxygens (including phenoxy) is 1. The van der Waals surface area contributed by atoms with E-state index in [0.717, 1.165) is 55.4 Å². The second-order valence-electron chi connectivity index (χ2n) is 6.53. The number of aromatic nitrogens is 1. The molecule has 0 radical (unpaired) electrons. The Morgan fingerprint density at radius 1 is 1.42 bits per heavy atom. The number of benzene rings is 1. The van der Waals surface area contributed by atoms with E-state index in [1.807, 2.05) is 18.2 Å². The summed E-state index contributed by atoms with van der Waals surface area (Å²) in [5, 5.41) is 9.99. The van der Waals surface area contributed by atoms with Crippen molar-refractivity contribution in [3.05, 3.63) is 35.9 Å². The highest BCUT2D eigenvalue weighted by atomic mass is 16.5. The molecule has 0 saturated carbocycles. The number of likely N-dealkylation sites (tertiary alicyclic amines) is 1. The molecule has 1 saturated heterocycles. The Labute approximate surface area is 142 Å². The van der Waals surface area contributed by atoms with Gasteiger partial charge in [-0.3, -0.25) is 9.69 Å². The lowest BCUT2D eigenvalue weighted by molar-refractivity contribution is -0.137. The standard InChI is InChI=1S/C19H24N2O3/c1-24-19-16(11-15-6-2-3-7-17(15)20-19)13-21-10-4-5-14(12-21)8-9-18(22)23/h2-3,6-7,11,14H,4-5,8-10,12-13H2,1H3,(H,22,23). The molecule has 1 aliphatic rings. The van der Waals surface area contributed by atoms with Crippen LogP contribution in [0.25, 0.3) is 10.9 Å². The van der Waals surface area contributed by atoms with E-state index < -0.39 is 5.97 Å². The summed E-state index contributed by atoms with van der Waals surface area (Å²) in [7, 11) is 1.66. The van der Waals surface area contributed by atoms with Crippen molar-refractivity contribution in [1.82, 2.24) is 9.88 Å². The van der Waals surface area contributed by atoms with Crippen molar-refractivity contribution < 1.29 is 14.6 Å². The van der Waals surface area contributed by atoms with Crippen LogP contribution in [0.1, 0.15) is 31.2 Å². The van der Waals surface area contributed by atoms with Gasteiger partial charge in [-0.2, -0.15) is 0 Å². The number of carboxylic acids is 1. The molecule has 1 aromatic heterocycles. The Balaban J connectivity index is 1.72. The third-order valence-corrected chi connectivity index (χ3v) is 4.72. The molecule has 5 nitrogen and oxygen atoms in total. The minimum Gasteiger partial charge on any atom is -0.481 e. The maximum Gasteiger partial charge on any atom is 0.303 e. The number of para-hydroxylation sites is 1. The average molecular weight is 328 g/mol. The van der Waals surface area contributed by atoms with E-state index in [4.69, 9.17) is 9.84 Å². The van der Waals surface area contributed by atoms with Crippen molar-refractivity contribution >= 4 is 16.9 Å². The molecule has 0 amide bonds. The molecule has 128 valence electrons. The number of methoxy groups -OCH3 is 1. The topological polar surface area (TPSA) is 62.7 Å². The number of pyridine rings is 1. The molecule has 0 aliphatic carbocycles. The molecule has 3 rings (SSSR count). The first-order valence-corrected chi connectivity index (χ1v) is 8.52. The van der Waals surface area contributed by atoms with Crippen LogP contribution in [0.15, 0.2) is 30.3 Å². The first kappa shape index (κ1) is 16.7. The zero-order chi connectivity index (χ0) is 16.9. The van der Waals surface area contributed by atoms with Crippen molar-refractivity contribution in [2.45, 2.75) is 32.2 Å². The Kier molecular flexibility index (Phi) is 5.30. The van der Waals surface area contributed by atoms with E-state index in [1.54, 1.807) is 7.11 Å². The zero-order valence-electron chi connectivity index (χ0n) is 14.1. The second kappa shape index (κ2) is 7.62. The van der Waals surface area contributed by atoms with Crippen LogP contribution in [0.3, 0.4) is 0 Å². The summed E-state index contributed by atoms with van der Waals surface area (Å²) in [6, 6.07) is 10.2. The van der Waals surface area contributed by atoms with Crippen molar-refractivity contribution in [2.75, 3.05) is 20.2 Å². The molecule has 24 heavy (non-hydrogen) atoms. The van der Waals surface area contributed by atoms with Gasteiger partial charge in [-0.05, 0) is 43.9 Å². The third-order valence-electron chi connectivity index (χ3n) is 4.72. The number of piperidine rings is 1. The van der Waals surface area contributed by atoms with Crippen LogP contribution in [0.2, 0.25) is 0 Å². The number of fused-ring (bicyclic) bond motifs is 1. The third kappa shape index (κ3) is 4.03. The Morgan fingerprint density at radius 2 is 2.25 bits per heavy atom. The van der Waals surface area contributed by atoms with Crippen molar-refractivity contribution in [3.8, 4) is 5.88 Å². The summed E-state index contributed by atoms with van der Waals surface area (Å²) in [5.74, 6) is 0.447. The summed E-state index contributed by atoms with van der Waals surface area (Å²) in [4.78, 5) is 17.8. The predicted octanol–water partition coefficient (Wildman–Crippen LogP) is 3.32. The van der Waals surface area contributed by atoms with Crippen molar-refractivity contribution in [2.24, 2.45) is 5.92 Å². The van der Waals surface area contributed by atoms with Gasteiger partial charge in [-0.1, -0.05) is 18.2 Å². The second-order valence-corrected chi connectivity index (χ2v) is 6.53. The summed E-state index contributed by atoms with van der Waals surface area (Å²) in [6.45, 7) is 2.79. The number of rotatable bonds is 6. The molecule has 1 fully saturated rings. The molecule has 0 spiro atoms. The molecule has 1 aliphatic heterocycles. The van der Waals surface area contributed by atoms with Gasteiger partial charge in [0.2, 0.25) is 5.88 Å². The summed E-state index contributed by atoms with van der Waals surface area (Å²) < 4.78 is 5.49. The number of hydrogen-bond acceptors (Lipinski definition) is 4. The molecule has 2 aromatic rings. The Morgan fingerprint density at radius 3 is 3.04 bits per heavy atom. The highest BCUT2D eigenvalue weighted by Gasteiger charge is 2.22. The minimum absolute atomic E-state index is 0.263. The van der Waals surface area contributed by atoms with Gasteiger partial charge in [-0.25, -0.2) is 4.98 Å². The van der Waals surface area contributed by atoms with Crippen LogP contribution >= 0.6 is 0 Å². The van der Waals surface area contributed by atoms with Gasteiger partial charge in [0.15, 0.2) is 0 Å². The Hall–Kier alpha value is -2.14. The fraction of sp³-hybridized carbons (Fsp3) is 0.474. The van der Waals surface area contributed by atoms with E-state index in [0.29, 0.717) is 11.8 Å². The SMILES string of the molecule is COc1nc2ccccc2cc1CN1CCCC(CCC(=O)O)C1. The molecule has 1 atom stereocenters. The molecule has 1 unspecified atom stereocenters. The van der Waals surface area contributed by atoms with Crippen LogP contribution in [0.4, 0.5) is 0 Å². The maximum atomic E-state index is 10.8. The molecule has 1 aromatic carbocycles. The molecule has 5 heteroatoms. The van der Waals surface area contributed by atoms with E-state index in [2.05, 4.69) is 22.0 Å². The van der Waals surface area contributed by atoms with Crippen LogP contribution < -0.4 is 4.74 Å². The maximum absolute atomic E-state index is 10.8. The quantitative estimate of drug-likeness (QED) is 0.881. The predicted molar refractivity (Wildman–Crippen MR) is 93.2 cm³/mol. The van der Waals surface area contributed by atoms with Crippen molar-refractivity contribution in [3.63, 3.8) is 0 Å². The van der Waals surface area contributed by atoms with Gasteiger partial charge < -0.3 is 9.84 Å². The largest absolute Gasteiger partial charge is 0.481 e. The number of aliphatic carboxylic acids is 1. The molecule has 1 N–H and O–H groups in total. The summed E-state index contributed by atoms with van der Waals surface area (Å²) in [6.07, 6.45) is 3.27. The molecule has 0 bridgehead atoms. The lowest BCUT2D eigenvalue weighted by Crippen LogP contribution is -2.35. The van der Waals surface area contributed by atoms with Crippen LogP contribution in [-0.2, 0) is 11.3 Å². The first-order chi connectivity index (χ1) is 11.7. The first-order valence-electron chi connectivity index (χ1n) is 8.52. The van der Waals surface area contributed by atoms with Crippen LogP contribution in [0.5, 0.6) is 5.88 Å². The fourth-order valence-corrected chi connectivity index (χ4v) is 3.53. The lowest BCUT2D eigenvalue weighted by Gasteiger charge is -2.32. The smallest absolute Gasteiger partial charge is 0.303 e. The van der Waals surface area contributed by atoms with Gasteiger partial charge >= 0.3 is 5.97 Å². The number of nitrogens with zero attached hydrogens (tertiary/aromatic N) is 2. The average Bonchev–Trinajstić information content (AvgIpc) is 2.59. The van der Waals surface area contributed by atoms with E-state index in [9.17, 15) is 4.79 Å². The zero-order valence-corrected chi connectivity index (χ0v) is 14.1. The molecule has 2 heterocycles. The van der Waals surface area contributed by atoms with Gasteiger partial charge in [0.05, 0.1) is 12.6 Å². The summed E-state index contributed by atoms with van der Waals surface area (Å²) in [5.41, 5.74) is 2.03. The van der Waals surface area contributed by atoms with Gasteiger partial charge in [0.1, 0.15) is 0 Å². The van der Waals surface area contributed by atoms with Crippen LogP contribution in [-0.4, -0.2) is 41.2 Å². The molecular weight excluding hydrogens is 304 g/mol. The lowest BCUT2D eigenvalue weighted by atomic mass is 9.93. The van der Waals surface area contributed by atoms with E-state index >= 15 is 0 Å². The van der Waals surface area contributed by atoms with E-state index in [1.165, 1.54) is 0 Å². The fourth-order valence-electron chi connectivity index (χ4n) is 3.53. The van der Waals surface area contributed by atoms with Gasteiger partial charge in [0.25, 0.3) is 0 Å². The highest BCUT2D eigenvalue weighted by Crippen LogP contribution is 2.27. The summed E-state index contributed by atoms with van der Waals surface area (Å²) >= 11 is 0. The minimum atomic E-state index is -0.701. The van der Waals surface area contributed by atoms with Gasteiger partial charge in [0, 0.05) is 30.5 Å². The van der Waals surface area contributed by atoms with Gasteiger partial charge in [-0.15, -0.1) is 0 Å².